The van der Waals surface area contributed by atoms with E-state index in [1.54, 1.807) is 11.3 Å². The lowest BCUT2D eigenvalue weighted by Gasteiger charge is -2.14. The summed E-state index contributed by atoms with van der Waals surface area (Å²) >= 11 is 1.61. The summed E-state index contributed by atoms with van der Waals surface area (Å²) in [4.78, 5) is 17.8. The van der Waals surface area contributed by atoms with Crippen molar-refractivity contribution in [2.45, 2.75) is 46.5 Å². The van der Waals surface area contributed by atoms with E-state index >= 15 is 0 Å². The molecule has 0 aliphatic rings. The average molecular weight is 377 g/mol. The highest BCUT2D eigenvalue weighted by Crippen LogP contribution is 2.35. The molecule has 3 nitrogen and oxygen atoms in total. The fourth-order valence-electron chi connectivity index (χ4n) is 3.85. The van der Waals surface area contributed by atoms with Gasteiger partial charge in [-0.1, -0.05) is 68.0 Å². The minimum atomic E-state index is -0.133. The first-order chi connectivity index (χ1) is 13.2. The molecular weight excluding hydrogens is 352 g/mol. The van der Waals surface area contributed by atoms with Gasteiger partial charge in [0.25, 0.3) is 5.56 Å². The number of nitrogens with zero attached hydrogens (tertiary/aromatic N) is 2. The van der Waals surface area contributed by atoms with E-state index in [1.165, 1.54) is 27.8 Å². The molecule has 0 bridgehead atoms. The van der Waals surface area contributed by atoms with Crippen LogP contribution in [0.1, 0.15) is 43.4 Å². The van der Waals surface area contributed by atoms with Crippen molar-refractivity contribution in [3.05, 3.63) is 69.5 Å². The third-order valence-corrected chi connectivity index (χ3v) is 6.27. The van der Waals surface area contributed by atoms with E-state index < -0.39 is 0 Å². The largest absolute Gasteiger partial charge is 0.284 e. The summed E-state index contributed by atoms with van der Waals surface area (Å²) in [5, 5.41) is 0. The van der Waals surface area contributed by atoms with Gasteiger partial charge in [0.05, 0.1) is 15.9 Å². The van der Waals surface area contributed by atoms with Crippen molar-refractivity contribution < 1.29 is 0 Å². The Balaban J connectivity index is 2.19. The molecule has 4 heteroatoms. The van der Waals surface area contributed by atoms with Crippen LogP contribution in [-0.2, 0) is 12.8 Å². The van der Waals surface area contributed by atoms with Crippen LogP contribution in [0.25, 0.3) is 26.4 Å². The second-order valence-electron chi connectivity index (χ2n) is 6.98. The molecule has 27 heavy (non-hydrogen) atoms. The third-order valence-electron chi connectivity index (χ3n) is 5.26. The fraction of sp³-hybridized carbons (Fsp3) is 0.304. The lowest BCUT2D eigenvalue weighted by molar-refractivity contribution is 0.789. The van der Waals surface area contributed by atoms with Gasteiger partial charge < -0.3 is 0 Å². The number of fused-ring (bicyclic) bond motifs is 3. The van der Waals surface area contributed by atoms with Crippen molar-refractivity contribution in [2.24, 2.45) is 0 Å². The van der Waals surface area contributed by atoms with Gasteiger partial charge in [0.2, 0.25) is 0 Å². The molecule has 0 saturated heterocycles. The normalized spacial score (nSPS) is 11.5. The van der Waals surface area contributed by atoms with Gasteiger partial charge in [-0.15, -0.1) is 0 Å². The molecule has 0 aliphatic heterocycles. The van der Waals surface area contributed by atoms with Crippen molar-refractivity contribution in [3.8, 4) is 11.3 Å². The molecular formula is C23H24N2OS. The summed E-state index contributed by atoms with van der Waals surface area (Å²) in [6.07, 6.45) is 4.40. The van der Waals surface area contributed by atoms with Crippen LogP contribution in [0.2, 0.25) is 0 Å². The standard InChI is InChI=1S/C23H24N2OS/c1-4-6-12-18-16(5-2)13-14-19-21(18)25-20(17-10-8-7-9-11-17)15(3)22(26)24-23(25)27-19/h7-11,13-14H,4-6,12H2,1-3H3. The number of thiazole rings is 1. The van der Waals surface area contributed by atoms with Crippen molar-refractivity contribution in [1.29, 1.82) is 0 Å². The molecule has 0 atom stereocenters. The Morgan fingerprint density at radius 3 is 2.56 bits per heavy atom. The van der Waals surface area contributed by atoms with Gasteiger partial charge >= 0.3 is 0 Å². The smallest absolute Gasteiger partial charge is 0.277 e. The van der Waals surface area contributed by atoms with Crippen molar-refractivity contribution in [3.63, 3.8) is 0 Å². The molecule has 4 rings (SSSR count). The molecule has 2 aromatic heterocycles. The van der Waals surface area contributed by atoms with Gasteiger partial charge in [-0.25, -0.2) is 0 Å². The third kappa shape index (κ3) is 2.98. The summed E-state index contributed by atoms with van der Waals surface area (Å²) in [5.41, 5.74) is 6.65. The molecule has 138 valence electrons. The average Bonchev–Trinajstić information content (AvgIpc) is 3.05. The molecule has 0 radical (unpaired) electrons. The second-order valence-corrected chi connectivity index (χ2v) is 7.99. The van der Waals surface area contributed by atoms with Crippen LogP contribution < -0.4 is 5.56 Å². The molecule has 0 spiro atoms. The molecule has 2 aromatic carbocycles. The van der Waals surface area contributed by atoms with E-state index in [9.17, 15) is 4.79 Å². The summed E-state index contributed by atoms with van der Waals surface area (Å²) in [6.45, 7) is 6.34. The predicted octanol–water partition coefficient (Wildman–Crippen LogP) is 5.79. The number of aromatic nitrogens is 2. The maximum Gasteiger partial charge on any atom is 0.277 e. The topological polar surface area (TPSA) is 34.4 Å². The van der Waals surface area contributed by atoms with E-state index in [0.717, 1.165) is 35.5 Å². The Morgan fingerprint density at radius 1 is 1.07 bits per heavy atom. The maximum atomic E-state index is 12.6. The van der Waals surface area contributed by atoms with Gasteiger partial charge in [-0.05, 0) is 48.9 Å². The first-order valence-electron chi connectivity index (χ1n) is 9.67. The molecule has 0 N–H and O–H groups in total. The zero-order chi connectivity index (χ0) is 19.0. The van der Waals surface area contributed by atoms with Crippen LogP contribution in [0.4, 0.5) is 0 Å². The lowest BCUT2D eigenvalue weighted by atomic mass is 9.98. The molecule has 2 heterocycles. The number of aryl methyl sites for hydroxylation is 2. The Hall–Kier alpha value is -2.46. The first kappa shape index (κ1) is 17.9. The minimum absolute atomic E-state index is 0.133. The fourth-order valence-corrected chi connectivity index (χ4v) is 4.90. The Kier molecular flexibility index (Phi) is 4.83. The van der Waals surface area contributed by atoms with E-state index in [4.69, 9.17) is 0 Å². The molecule has 4 aromatic rings. The van der Waals surface area contributed by atoms with Gasteiger partial charge in [0.15, 0.2) is 4.96 Å². The van der Waals surface area contributed by atoms with Crippen LogP contribution in [0, 0.1) is 6.92 Å². The van der Waals surface area contributed by atoms with Crippen molar-refractivity contribution in [2.75, 3.05) is 0 Å². The highest BCUT2D eigenvalue weighted by Gasteiger charge is 2.19. The summed E-state index contributed by atoms with van der Waals surface area (Å²) in [5.74, 6) is 0. The molecule has 0 aliphatic carbocycles. The maximum absolute atomic E-state index is 12.6. The van der Waals surface area contributed by atoms with Crippen LogP contribution in [0.3, 0.4) is 0 Å². The summed E-state index contributed by atoms with van der Waals surface area (Å²) in [6, 6.07) is 14.6. The molecule has 0 unspecified atom stereocenters. The number of hydrogen-bond acceptors (Lipinski definition) is 3. The molecule has 0 fully saturated rings. The number of hydrogen-bond donors (Lipinski definition) is 0. The highest BCUT2D eigenvalue weighted by molar-refractivity contribution is 7.23. The zero-order valence-electron chi connectivity index (χ0n) is 16.1. The first-order valence-corrected chi connectivity index (χ1v) is 10.5. The van der Waals surface area contributed by atoms with E-state index in [2.05, 4.69) is 47.5 Å². The summed E-state index contributed by atoms with van der Waals surface area (Å²) < 4.78 is 3.43. The van der Waals surface area contributed by atoms with E-state index in [-0.39, 0.29) is 5.56 Å². The highest BCUT2D eigenvalue weighted by atomic mass is 32.1. The van der Waals surface area contributed by atoms with Crippen molar-refractivity contribution >= 4 is 26.5 Å². The van der Waals surface area contributed by atoms with Gasteiger partial charge in [-0.2, -0.15) is 4.98 Å². The summed E-state index contributed by atoms with van der Waals surface area (Å²) in [7, 11) is 0. The SMILES string of the molecule is CCCCc1c(CC)ccc2sc3nc(=O)c(C)c(-c4ccccc4)n3c12. The van der Waals surface area contributed by atoms with Crippen molar-refractivity contribution in [1.82, 2.24) is 9.38 Å². The molecule has 0 amide bonds. The minimum Gasteiger partial charge on any atom is -0.284 e. The Bertz CT molecular complexity index is 1170. The van der Waals surface area contributed by atoms with E-state index in [1.807, 2.05) is 25.1 Å². The van der Waals surface area contributed by atoms with E-state index in [0.29, 0.717) is 5.56 Å². The quantitative estimate of drug-likeness (QED) is 0.442. The Morgan fingerprint density at radius 2 is 1.85 bits per heavy atom. The number of benzene rings is 2. The zero-order valence-corrected chi connectivity index (χ0v) is 16.9. The predicted molar refractivity (Wildman–Crippen MR) is 115 cm³/mol. The monoisotopic (exact) mass is 376 g/mol. The van der Waals surface area contributed by atoms with Gasteiger partial charge in [-0.3, -0.25) is 9.20 Å². The van der Waals surface area contributed by atoms with Crippen LogP contribution in [0.5, 0.6) is 0 Å². The Labute approximate surface area is 163 Å². The molecule has 0 saturated carbocycles. The van der Waals surface area contributed by atoms with Gasteiger partial charge in [0.1, 0.15) is 0 Å². The number of rotatable bonds is 5. The van der Waals surface area contributed by atoms with Gasteiger partial charge in [0, 0.05) is 5.56 Å². The lowest BCUT2D eigenvalue weighted by Crippen LogP contribution is -2.14. The van der Waals surface area contributed by atoms with Crippen LogP contribution in [-0.4, -0.2) is 9.38 Å². The van der Waals surface area contributed by atoms with Crippen LogP contribution >= 0.6 is 11.3 Å². The van der Waals surface area contributed by atoms with Crippen LogP contribution in [0.15, 0.2) is 47.3 Å². The number of unbranched alkanes of at least 4 members (excludes halogenated alkanes) is 1. The second kappa shape index (κ2) is 7.28.